The first-order valence-electron chi connectivity index (χ1n) is 9.24. The van der Waals surface area contributed by atoms with Crippen LogP contribution in [0.3, 0.4) is 0 Å². The number of rotatable bonds is 6. The largest absolute Gasteiger partial charge is 0.349 e. The Labute approximate surface area is 148 Å². The number of carbonyl (C=O) groups excluding carboxylic acids is 1. The summed E-state index contributed by atoms with van der Waals surface area (Å²) in [6.07, 6.45) is 4.74. The number of hydrogen-bond acceptors (Lipinski definition) is 5. The Balaban J connectivity index is 1.44. The fourth-order valence-corrected chi connectivity index (χ4v) is 3.49. The summed E-state index contributed by atoms with van der Waals surface area (Å²) < 4.78 is 1.61. The summed E-state index contributed by atoms with van der Waals surface area (Å²) in [5.74, 6) is 1.25. The first-order chi connectivity index (χ1) is 12.0. The van der Waals surface area contributed by atoms with Crippen LogP contribution in [0.2, 0.25) is 0 Å². The molecule has 0 radical (unpaired) electrons. The SMILES string of the molecule is Cc1cc(C)n2nc(C(=O)NCCCCN3CCC[C@H](C)C3)nc2n1. The van der Waals surface area contributed by atoms with Crippen LogP contribution in [0.15, 0.2) is 6.07 Å². The number of piperidine rings is 1. The minimum atomic E-state index is -0.228. The number of carbonyl (C=O) groups is 1. The van der Waals surface area contributed by atoms with E-state index in [1.165, 1.54) is 25.9 Å². The summed E-state index contributed by atoms with van der Waals surface area (Å²) >= 11 is 0. The molecule has 2 aromatic heterocycles. The molecule has 0 saturated carbocycles. The van der Waals surface area contributed by atoms with Gasteiger partial charge >= 0.3 is 0 Å². The van der Waals surface area contributed by atoms with Crippen LogP contribution in [0.5, 0.6) is 0 Å². The number of fused-ring (bicyclic) bond motifs is 1. The minimum absolute atomic E-state index is 0.186. The second-order valence-electron chi connectivity index (χ2n) is 7.20. The van der Waals surface area contributed by atoms with E-state index in [0.717, 1.165) is 36.7 Å². The topological polar surface area (TPSA) is 75.4 Å². The van der Waals surface area contributed by atoms with Crippen molar-refractivity contribution in [2.75, 3.05) is 26.2 Å². The van der Waals surface area contributed by atoms with E-state index in [4.69, 9.17) is 0 Å². The number of nitrogens with zero attached hydrogens (tertiary/aromatic N) is 5. The maximum absolute atomic E-state index is 12.2. The number of likely N-dealkylation sites (tertiary alicyclic amines) is 1. The Morgan fingerprint density at radius 3 is 2.96 bits per heavy atom. The molecule has 1 N–H and O–H groups in total. The summed E-state index contributed by atoms with van der Waals surface area (Å²) in [5.41, 5.74) is 1.79. The van der Waals surface area contributed by atoms with Gasteiger partial charge < -0.3 is 10.2 Å². The van der Waals surface area contributed by atoms with Crippen molar-refractivity contribution in [3.8, 4) is 0 Å². The van der Waals surface area contributed by atoms with Gasteiger partial charge in [-0.1, -0.05) is 6.92 Å². The zero-order valence-corrected chi connectivity index (χ0v) is 15.5. The standard InChI is InChI=1S/C18H28N6O/c1-13-7-6-10-23(12-13)9-5-4-8-19-17(25)16-21-18-20-14(2)11-15(3)24(18)22-16/h11,13H,4-10,12H2,1-3H3,(H,19,25)/t13-/m0/s1. The van der Waals surface area contributed by atoms with Crippen LogP contribution in [0.25, 0.3) is 5.78 Å². The molecule has 0 aromatic carbocycles. The van der Waals surface area contributed by atoms with Crippen LogP contribution < -0.4 is 5.32 Å². The molecule has 0 spiro atoms. The molecular weight excluding hydrogens is 316 g/mol. The molecule has 1 saturated heterocycles. The van der Waals surface area contributed by atoms with Crippen LogP contribution in [0, 0.1) is 19.8 Å². The van der Waals surface area contributed by atoms with E-state index in [9.17, 15) is 4.79 Å². The van der Waals surface area contributed by atoms with Gasteiger partial charge in [0.1, 0.15) is 0 Å². The second-order valence-corrected chi connectivity index (χ2v) is 7.20. The maximum Gasteiger partial charge on any atom is 0.291 e. The smallest absolute Gasteiger partial charge is 0.291 e. The van der Waals surface area contributed by atoms with Gasteiger partial charge in [0.25, 0.3) is 11.7 Å². The Hall–Kier alpha value is -2.02. The summed E-state index contributed by atoms with van der Waals surface area (Å²) in [5, 5.41) is 7.17. The lowest BCUT2D eigenvalue weighted by Crippen LogP contribution is -2.35. The molecule has 0 aliphatic carbocycles. The van der Waals surface area contributed by atoms with E-state index < -0.39 is 0 Å². The van der Waals surface area contributed by atoms with Gasteiger partial charge in [0.05, 0.1) is 0 Å². The molecule has 7 heteroatoms. The van der Waals surface area contributed by atoms with Crippen LogP contribution in [0.1, 0.15) is 54.6 Å². The molecule has 3 rings (SSSR count). The number of unbranched alkanes of at least 4 members (excludes halogenated alkanes) is 1. The second kappa shape index (κ2) is 7.91. The minimum Gasteiger partial charge on any atom is -0.349 e. The van der Waals surface area contributed by atoms with E-state index in [1.807, 2.05) is 19.9 Å². The van der Waals surface area contributed by atoms with E-state index in [-0.39, 0.29) is 11.7 Å². The van der Waals surface area contributed by atoms with Crippen LogP contribution in [0.4, 0.5) is 0 Å². The summed E-state index contributed by atoms with van der Waals surface area (Å²) in [4.78, 5) is 23.3. The molecule has 3 heterocycles. The quantitative estimate of drug-likeness (QED) is 0.811. The summed E-state index contributed by atoms with van der Waals surface area (Å²) in [6.45, 7) is 10.4. The van der Waals surface area contributed by atoms with E-state index in [1.54, 1.807) is 4.52 Å². The van der Waals surface area contributed by atoms with Crippen molar-refractivity contribution < 1.29 is 4.79 Å². The fourth-order valence-electron chi connectivity index (χ4n) is 3.49. The molecule has 0 unspecified atom stereocenters. The van der Waals surface area contributed by atoms with Crippen molar-refractivity contribution >= 4 is 11.7 Å². The van der Waals surface area contributed by atoms with E-state index in [2.05, 4.69) is 32.2 Å². The third-order valence-corrected chi connectivity index (χ3v) is 4.75. The van der Waals surface area contributed by atoms with Crippen LogP contribution >= 0.6 is 0 Å². The Morgan fingerprint density at radius 2 is 2.16 bits per heavy atom. The fraction of sp³-hybridized carbons (Fsp3) is 0.667. The highest BCUT2D eigenvalue weighted by Gasteiger charge is 2.16. The molecule has 136 valence electrons. The van der Waals surface area contributed by atoms with Gasteiger partial charge in [-0.15, -0.1) is 5.10 Å². The molecule has 0 bridgehead atoms. The van der Waals surface area contributed by atoms with Gasteiger partial charge in [0, 0.05) is 24.5 Å². The van der Waals surface area contributed by atoms with E-state index >= 15 is 0 Å². The molecule has 1 amide bonds. The number of hydrogen-bond donors (Lipinski definition) is 1. The maximum atomic E-state index is 12.2. The average Bonchev–Trinajstić information content (AvgIpc) is 2.99. The number of aryl methyl sites for hydroxylation is 2. The van der Waals surface area contributed by atoms with Gasteiger partial charge in [0.2, 0.25) is 5.82 Å². The predicted molar refractivity (Wildman–Crippen MR) is 96.7 cm³/mol. The number of nitrogens with one attached hydrogen (secondary N) is 1. The molecule has 7 nitrogen and oxygen atoms in total. The van der Waals surface area contributed by atoms with Crippen LogP contribution in [-0.2, 0) is 0 Å². The monoisotopic (exact) mass is 344 g/mol. The number of amides is 1. The van der Waals surface area contributed by atoms with Gasteiger partial charge in [-0.05, 0) is 64.6 Å². The molecule has 1 atom stereocenters. The third kappa shape index (κ3) is 4.54. The summed E-state index contributed by atoms with van der Waals surface area (Å²) in [6, 6.07) is 1.92. The van der Waals surface area contributed by atoms with Gasteiger partial charge in [-0.25, -0.2) is 9.50 Å². The normalized spacial score (nSPS) is 18.6. The van der Waals surface area contributed by atoms with Crippen molar-refractivity contribution in [1.82, 2.24) is 29.8 Å². The molecule has 1 aliphatic heterocycles. The molecular formula is C18H28N6O. The first-order valence-corrected chi connectivity index (χ1v) is 9.24. The van der Waals surface area contributed by atoms with Crippen molar-refractivity contribution in [3.63, 3.8) is 0 Å². The van der Waals surface area contributed by atoms with Crippen molar-refractivity contribution in [2.24, 2.45) is 5.92 Å². The van der Waals surface area contributed by atoms with Crippen LogP contribution in [-0.4, -0.2) is 56.6 Å². The predicted octanol–water partition coefficient (Wildman–Crippen LogP) is 1.98. The highest BCUT2D eigenvalue weighted by Crippen LogP contribution is 2.15. The Morgan fingerprint density at radius 1 is 1.32 bits per heavy atom. The third-order valence-electron chi connectivity index (χ3n) is 4.75. The first kappa shape index (κ1) is 17.8. The lowest BCUT2D eigenvalue weighted by atomic mass is 10.0. The van der Waals surface area contributed by atoms with Crippen molar-refractivity contribution in [1.29, 1.82) is 0 Å². The molecule has 2 aromatic rings. The zero-order chi connectivity index (χ0) is 17.8. The summed E-state index contributed by atoms with van der Waals surface area (Å²) in [7, 11) is 0. The van der Waals surface area contributed by atoms with Crippen molar-refractivity contribution in [2.45, 2.75) is 46.5 Å². The Bertz CT molecular complexity index is 740. The highest BCUT2D eigenvalue weighted by atomic mass is 16.2. The average molecular weight is 344 g/mol. The zero-order valence-electron chi connectivity index (χ0n) is 15.5. The molecule has 25 heavy (non-hydrogen) atoms. The van der Waals surface area contributed by atoms with Gasteiger partial charge in [0.15, 0.2) is 0 Å². The molecule has 1 aliphatic rings. The van der Waals surface area contributed by atoms with Crippen molar-refractivity contribution in [3.05, 3.63) is 23.3 Å². The lowest BCUT2D eigenvalue weighted by Gasteiger charge is -2.30. The molecule has 1 fully saturated rings. The van der Waals surface area contributed by atoms with Gasteiger partial charge in [-0.2, -0.15) is 4.98 Å². The number of aromatic nitrogens is 4. The van der Waals surface area contributed by atoms with E-state index in [0.29, 0.717) is 12.3 Å². The van der Waals surface area contributed by atoms with Gasteiger partial charge in [-0.3, -0.25) is 4.79 Å². The lowest BCUT2D eigenvalue weighted by molar-refractivity contribution is 0.0942. The highest BCUT2D eigenvalue weighted by molar-refractivity contribution is 5.90. The Kier molecular flexibility index (Phi) is 5.63.